The smallest absolute Gasteiger partial charge is 0.232 e. The number of hydrogen-bond acceptors (Lipinski definition) is 3. The number of carbonyl (C=O) groups is 1. The second kappa shape index (κ2) is 7.70. The molecule has 2 rings (SSSR count). The number of aliphatic hydroxyl groups excluding tert-OH is 1. The van der Waals surface area contributed by atoms with Crippen LogP contribution in [0, 0.1) is 12.8 Å². The minimum atomic E-state index is 0.235. The highest BCUT2D eigenvalue weighted by molar-refractivity contribution is 7.99. The molecule has 1 saturated heterocycles. The molecule has 1 amide bonds. The Balaban J connectivity index is 1.70. The van der Waals surface area contributed by atoms with Gasteiger partial charge in [0.25, 0.3) is 0 Å². The van der Waals surface area contributed by atoms with Crippen molar-refractivity contribution in [3.63, 3.8) is 0 Å². The standard InChI is InChI=1S/C16H23NO2S/c1-13-3-2-4-15(9-13)11-20-12-16(19)17-7-5-14(10-18)6-8-17/h2-4,9,14,18H,5-8,10-12H2,1H3. The molecule has 0 saturated carbocycles. The van der Waals surface area contributed by atoms with Crippen LogP contribution in [0.15, 0.2) is 24.3 Å². The van der Waals surface area contributed by atoms with Gasteiger partial charge in [-0.1, -0.05) is 29.8 Å². The highest BCUT2D eigenvalue weighted by Crippen LogP contribution is 2.19. The maximum atomic E-state index is 12.1. The lowest BCUT2D eigenvalue weighted by molar-refractivity contribution is -0.129. The van der Waals surface area contributed by atoms with Crippen LogP contribution in [0.2, 0.25) is 0 Å². The van der Waals surface area contributed by atoms with Gasteiger partial charge in [0, 0.05) is 25.4 Å². The Hall–Kier alpha value is -1.00. The molecule has 0 spiro atoms. The van der Waals surface area contributed by atoms with Crippen LogP contribution in [-0.2, 0) is 10.5 Å². The Morgan fingerprint density at radius 3 is 2.80 bits per heavy atom. The lowest BCUT2D eigenvalue weighted by Gasteiger charge is -2.31. The van der Waals surface area contributed by atoms with Gasteiger partial charge in [0.05, 0.1) is 5.75 Å². The number of amides is 1. The van der Waals surface area contributed by atoms with Gasteiger partial charge in [0.15, 0.2) is 0 Å². The normalized spacial score (nSPS) is 16.4. The average molecular weight is 293 g/mol. The van der Waals surface area contributed by atoms with Crippen LogP contribution in [0.3, 0.4) is 0 Å². The zero-order valence-electron chi connectivity index (χ0n) is 12.0. The summed E-state index contributed by atoms with van der Waals surface area (Å²) in [5, 5.41) is 9.10. The minimum absolute atomic E-state index is 0.235. The molecule has 1 aliphatic rings. The number of nitrogens with zero attached hydrogens (tertiary/aromatic N) is 1. The molecule has 1 aromatic carbocycles. The van der Waals surface area contributed by atoms with Crippen molar-refractivity contribution in [1.82, 2.24) is 4.90 Å². The monoisotopic (exact) mass is 293 g/mol. The van der Waals surface area contributed by atoms with Crippen LogP contribution in [0.5, 0.6) is 0 Å². The average Bonchev–Trinajstić information content (AvgIpc) is 2.47. The van der Waals surface area contributed by atoms with E-state index < -0.39 is 0 Å². The molecule has 0 aliphatic carbocycles. The van der Waals surface area contributed by atoms with Gasteiger partial charge < -0.3 is 10.0 Å². The van der Waals surface area contributed by atoms with Gasteiger partial charge >= 0.3 is 0 Å². The molecule has 4 heteroatoms. The Kier molecular flexibility index (Phi) is 5.92. The van der Waals surface area contributed by atoms with E-state index in [0.717, 1.165) is 31.7 Å². The largest absolute Gasteiger partial charge is 0.396 e. The third-order valence-electron chi connectivity index (χ3n) is 3.80. The molecule has 1 fully saturated rings. The minimum Gasteiger partial charge on any atom is -0.396 e. The predicted molar refractivity (Wildman–Crippen MR) is 83.7 cm³/mol. The second-order valence-corrected chi connectivity index (χ2v) is 6.47. The van der Waals surface area contributed by atoms with Crippen LogP contribution in [0.4, 0.5) is 0 Å². The molecule has 0 unspecified atom stereocenters. The summed E-state index contributed by atoms with van der Waals surface area (Å²) in [4.78, 5) is 14.0. The van der Waals surface area contributed by atoms with Crippen molar-refractivity contribution in [2.75, 3.05) is 25.4 Å². The van der Waals surface area contributed by atoms with Gasteiger partial charge in [0.2, 0.25) is 5.91 Å². The fourth-order valence-electron chi connectivity index (χ4n) is 2.51. The summed E-state index contributed by atoms with van der Waals surface area (Å²) in [6, 6.07) is 8.43. The van der Waals surface area contributed by atoms with Gasteiger partial charge in [0.1, 0.15) is 0 Å². The fraction of sp³-hybridized carbons (Fsp3) is 0.562. The fourth-order valence-corrected chi connectivity index (χ4v) is 3.39. The van der Waals surface area contributed by atoms with Crippen LogP contribution in [-0.4, -0.2) is 41.4 Å². The van der Waals surface area contributed by atoms with Crippen molar-refractivity contribution < 1.29 is 9.90 Å². The molecule has 110 valence electrons. The summed E-state index contributed by atoms with van der Waals surface area (Å²) >= 11 is 1.68. The number of rotatable bonds is 5. The quantitative estimate of drug-likeness (QED) is 0.906. The van der Waals surface area contributed by atoms with E-state index in [2.05, 4.69) is 31.2 Å². The van der Waals surface area contributed by atoms with E-state index in [4.69, 9.17) is 5.11 Å². The number of hydrogen-bond donors (Lipinski definition) is 1. The summed E-state index contributed by atoms with van der Waals surface area (Å²) in [5.74, 6) is 2.07. The summed E-state index contributed by atoms with van der Waals surface area (Å²) in [6.45, 7) is 3.94. The van der Waals surface area contributed by atoms with E-state index in [1.165, 1.54) is 11.1 Å². The molecular formula is C16H23NO2S. The first-order chi connectivity index (χ1) is 9.69. The number of aliphatic hydroxyl groups is 1. The lowest BCUT2D eigenvalue weighted by Crippen LogP contribution is -2.40. The zero-order chi connectivity index (χ0) is 14.4. The van der Waals surface area contributed by atoms with Crippen molar-refractivity contribution in [1.29, 1.82) is 0 Å². The third kappa shape index (κ3) is 4.53. The van der Waals surface area contributed by atoms with E-state index in [9.17, 15) is 4.79 Å². The summed E-state index contributed by atoms with van der Waals surface area (Å²) in [6.07, 6.45) is 1.87. The number of likely N-dealkylation sites (tertiary alicyclic amines) is 1. The Bertz CT molecular complexity index is 442. The molecule has 1 N–H and O–H groups in total. The van der Waals surface area contributed by atoms with E-state index in [0.29, 0.717) is 11.7 Å². The van der Waals surface area contributed by atoms with E-state index in [1.807, 2.05) is 4.90 Å². The molecule has 3 nitrogen and oxygen atoms in total. The maximum absolute atomic E-state index is 12.1. The van der Waals surface area contributed by atoms with E-state index in [-0.39, 0.29) is 12.5 Å². The Morgan fingerprint density at radius 2 is 2.15 bits per heavy atom. The SMILES string of the molecule is Cc1cccc(CSCC(=O)N2CCC(CO)CC2)c1. The number of thioether (sulfide) groups is 1. The van der Waals surface area contributed by atoms with Crippen molar-refractivity contribution >= 4 is 17.7 Å². The van der Waals surface area contributed by atoms with Gasteiger partial charge in [-0.2, -0.15) is 0 Å². The van der Waals surface area contributed by atoms with Gasteiger partial charge in [-0.05, 0) is 31.2 Å². The van der Waals surface area contributed by atoms with Gasteiger partial charge in [-0.3, -0.25) is 4.79 Å². The first-order valence-electron chi connectivity index (χ1n) is 7.21. The van der Waals surface area contributed by atoms with Crippen LogP contribution >= 0.6 is 11.8 Å². The maximum Gasteiger partial charge on any atom is 0.232 e. The number of aryl methyl sites for hydroxylation is 1. The van der Waals surface area contributed by atoms with E-state index in [1.54, 1.807) is 11.8 Å². The highest BCUT2D eigenvalue weighted by Gasteiger charge is 2.21. The van der Waals surface area contributed by atoms with Crippen LogP contribution < -0.4 is 0 Å². The molecule has 0 radical (unpaired) electrons. The van der Waals surface area contributed by atoms with Crippen molar-refractivity contribution in [3.05, 3.63) is 35.4 Å². The first-order valence-corrected chi connectivity index (χ1v) is 8.36. The van der Waals surface area contributed by atoms with Gasteiger partial charge in [-0.15, -0.1) is 11.8 Å². The lowest BCUT2D eigenvalue weighted by atomic mass is 9.98. The molecule has 1 aliphatic heterocycles. The van der Waals surface area contributed by atoms with Crippen molar-refractivity contribution in [2.24, 2.45) is 5.92 Å². The summed E-state index contributed by atoms with van der Waals surface area (Å²) in [5.41, 5.74) is 2.54. The number of piperidine rings is 1. The molecular weight excluding hydrogens is 270 g/mol. The topological polar surface area (TPSA) is 40.5 Å². The van der Waals surface area contributed by atoms with Gasteiger partial charge in [-0.25, -0.2) is 0 Å². The molecule has 1 aromatic rings. The van der Waals surface area contributed by atoms with Crippen molar-refractivity contribution in [3.8, 4) is 0 Å². The van der Waals surface area contributed by atoms with Crippen LogP contribution in [0.25, 0.3) is 0 Å². The molecule has 0 aromatic heterocycles. The summed E-state index contributed by atoms with van der Waals surface area (Å²) < 4.78 is 0. The van der Waals surface area contributed by atoms with E-state index >= 15 is 0 Å². The molecule has 20 heavy (non-hydrogen) atoms. The Morgan fingerprint density at radius 1 is 1.40 bits per heavy atom. The summed E-state index contributed by atoms with van der Waals surface area (Å²) in [7, 11) is 0. The molecule has 0 atom stereocenters. The third-order valence-corrected chi connectivity index (χ3v) is 4.79. The molecule has 1 heterocycles. The van der Waals surface area contributed by atoms with Crippen LogP contribution in [0.1, 0.15) is 24.0 Å². The number of carbonyl (C=O) groups excluding carboxylic acids is 1. The number of benzene rings is 1. The predicted octanol–water partition coefficient (Wildman–Crippen LogP) is 2.46. The highest BCUT2D eigenvalue weighted by atomic mass is 32.2. The Labute approximate surface area is 125 Å². The first kappa shape index (κ1) is 15.4. The zero-order valence-corrected chi connectivity index (χ0v) is 12.9. The second-order valence-electron chi connectivity index (χ2n) is 5.49. The van der Waals surface area contributed by atoms with Crippen molar-refractivity contribution in [2.45, 2.75) is 25.5 Å². The molecule has 0 bridgehead atoms.